The molecule has 3 rings (SSSR count). The molecule has 5 nitrogen and oxygen atoms in total. The Hall–Kier alpha value is 0.0169. The van der Waals surface area contributed by atoms with E-state index in [1.165, 1.54) is 0 Å². The largest absolute Gasteiger partial charge is 0.501 e. The summed E-state index contributed by atoms with van der Waals surface area (Å²) in [6.07, 6.45) is 0.962. The molecule has 0 aromatic heterocycles. The minimum Gasteiger partial charge on any atom is -0.382 e. The molecule has 0 N–H and O–H groups in total. The summed E-state index contributed by atoms with van der Waals surface area (Å²) in [5.41, 5.74) is 0. The van der Waals surface area contributed by atoms with Gasteiger partial charge in [-0.15, -0.1) is 0 Å². The van der Waals surface area contributed by atoms with Crippen molar-refractivity contribution in [2.75, 3.05) is 52.7 Å². The Morgan fingerprint density at radius 3 is 2.18 bits per heavy atom. The van der Waals surface area contributed by atoms with E-state index in [1.54, 1.807) is 0 Å². The first-order valence-electron chi connectivity index (χ1n) is 6.57. The molecule has 0 amide bonds. The fourth-order valence-corrected chi connectivity index (χ4v) is 4.67. The third-order valence-corrected chi connectivity index (χ3v) is 6.06. The van der Waals surface area contributed by atoms with Crippen LogP contribution in [0.15, 0.2) is 0 Å². The van der Waals surface area contributed by atoms with Crippen LogP contribution in [0.25, 0.3) is 0 Å². The van der Waals surface area contributed by atoms with Crippen LogP contribution in [-0.4, -0.2) is 66.4 Å². The molecule has 0 saturated carbocycles. The van der Waals surface area contributed by atoms with Crippen molar-refractivity contribution in [1.82, 2.24) is 4.90 Å². The molecule has 0 aromatic rings. The van der Waals surface area contributed by atoms with Gasteiger partial charge in [0.05, 0.1) is 19.8 Å². The van der Waals surface area contributed by atoms with Gasteiger partial charge < -0.3 is 18.0 Å². The summed E-state index contributed by atoms with van der Waals surface area (Å²) in [6, 6.07) is 0.882. The van der Waals surface area contributed by atoms with Crippen molar-refractivity contribution in [3.63, 3.8) is 0 Å². The maximum atomic E-state index is 5.92. The Morgan fingerprint density at radius 1 is 1.06 bits per heavy atom. The monoisotopic (exact) mass is 261 g/mol. The number of fused-ring (bicyclic) bond motifs is 6. The van der Waals surface area contributed by atoms with Crippen LogP contribution in [-0.2, 0) is 18.0 Å². The number of hydrogen-bond donors (Lipinski definition) is 0. The van der Waals surface area contributed by atoms with Gasteiger partial charge in [0.15, 0.2) is 0 Å². The number of ether oxygens (including phenoxy) is 1. The molecule has 17 heavy (non-hydrogen) atoms. The first-order valence-corrected chi connectivity index (χ1v) is 8.50. The van der Waals surface area contributed by atoms with Crippen LogP contribution < -0.4 is 0 Å². The fraction of sp³-hybridized carbons (Fsp3) is 1.00. The molecule has 0 aliphatic carbocycles. The van der Waals surface area contributed by atoms with Crippen molar-refractivity contribution in [1.29, 1.82) is 0 Å². The maximum absolute atomic E-state index is 5.92. The van der Waals surface area contributed by atoms with E-state index in [-0.39, 0.29) is 0 Å². The van der Waals surface area contributed by atoms with Crippen LogP contribution in [0.1, 0.15) is 13.3 Å². The lowest BCUT2D eigenvalue weighted by Gasteiger charge is -2.38. The minimum atomic E-state index is -2.38. The zero-order valence-corrected chi connectivity index (χ0v) is 11.7. The van der Waals surface area contributed by atoms with Crippen molar-refractivity contribution >= 4 is 8.80 Å². The Balaban J connectivity index is 1.85. The van der Waals surface area contributed by atoms with Crippen LogP contribution in [0, 0.1) is 0 Å². The van der Waals surface area contributed by atoms with Gasteiger partial charge in [0, 0.05) is 38.9 Å². The van der Waals surface area contributed by atoms with Gasteiger partial charge in [-0.1, -0.05) is 0 Å². The van der Waals surface area contributed by atoms with E-state index in [0.717, 1.165) is 65.1 Å². The molecule has 0 radical (unpaired) electrons. The topological polar surface area (TPSA) is 40.2 Å². The zero-order chi connectivity index (χ0) is 12.0. The van der Waals surface area contributed by atoms with Crippen LogP contribution >= 0.6 is 0 Å². The van der Waals surface area contributed by atoms with Crippen LogP contribution in [0.5, 0.6) is 0 Å². The molecule has 3 fully saturated rings. The summed E-state index contributed by atoms with van der Waals surface area (Å²) in [5, 5.41) is 0. The highest BCUT2D eigenvalue weighted by molar-refractivity contribution is 6.60. The molecule has 2 bridgehead atoms. The molecule has 0 aromatic carbocycles. The molecule has 3 saturated heterocycles. The number of hydrogen-bond acceptors (Lipinski definition) is 5. The van der Waals surface area contributed by atoms with Gasteiger partial charge in [0.2, 0.25) is 0 Å². The Labute approximate surface area is 104 Å². The smallest absolute Gasteiger partial charge is 0.382 e. The summed E-state index contributed by atoms with van der Waals surface area (Å²) in [7, 11) is -2.38. The zero-order valence-electron chi connectivity index (χ0n) is 10.7. The van der Waals surface area contributed by atoms with Crippen molar-refractivity contribution < 1.29 is 18.0 Å². The molecular formula is C11H23NO4Si. The van der Waals surface area contributed by atoms with Crippen molar-refractivity contribution in [3.05, 3.63) is 0 Å². The highest BCUT2D eigenvalue weighted by Gasteiger charge is 2.43. The van der Waals surface area contributed by atoms with Crippen LogP contribution in [0.3, 0.4) is 0 Å². The standard InChI is InChI=1S/C11H23NO4Si/c1-2-13-7-3-11-17-14-8-4-12(5-9-15-17)6-10-16-17/h2-11H2,1H3. The van der Waals surface area contributed by atoms with E-state index in [0.29, 0.717) is 0 Å². The van der Waals surface area contributed by atoms with Crippen molar-refractivity contribution in [3.8, 4) is 0 Å². The summed E-state index contributed by atoms with van der Waals surface area (Å²) in [6.45, 7) is 8.79. The number of rotatable bonds is 5. The average molecular weight is 261 g/mol. The second-order valence-electron chi connectivity index (χ2n) is 4.37. The van der Waals surface area contributed by atoms with Gasteiger partial charge in [-0.05, 0) is 13.3 Å². The lowest BCUT2D eigenvalue weighted by molar-refractivity contribution is -0.00966. The SMILES string of the molecule is CCOCCC[Si]12OCCN(CCO1)CCO2. The Kier molecular flexibility index (Phi) is 5.39. The van der Waals surface area contributed by atoms with Gasteiger partial charge in [-0.2, -0.15) is 0 Å². The highest BCUT2D eigenvalue weighted by atomic mass is 28.4. The molecule has 3 aliphatic rings. The lowest BCUT2D eigenvalue weighted by atomic mass is 10.4. The molecule has 3 heterocycles. The average Bonchev–Trinajstić information content (AvgIpc) is 2.25. The van der Waals surface area contributed by atoms with E-state index >= 15 is 0 Å². The predicted molar refractivity (Wildman–Crippen MR) is 66.0 cm³/mol. The third-order valence-electron chi connectivity index (χ3n) is 3.16. The van der Waals surface area contributed by atoms with Crippen LogP contribution in [0.2, 0.25) is 6.04 Å². The quantitative estimate of drug-likeness (QED) is 0.539. The summed E-state index contributed by atoms with van der Waals surface area (Å²) in [5.74, 6) is 0. The molecule has 100 valence electrons. The molecule has 0 spiro atoms. The molecular weight excluding hydrogens is 238 g/mol. The molecule has 0 atom stereocenters. The van der Waals surface area contributed by atoms with E-state index < -0.39 is 8.80 Å². The second kappa shape index (κ2) is 6.82. The minimum absolute atomic E-state index is 0.737. The van der Waals surface area contributed by atoms with Crippen molar-refractivity contribution in [2.24, 2.45) is 0 Å². The van der Waals surface area contributed by atoms with Crippen molar-refractivity contribution in [2.45, 2.75) is 19.4 Å². The summed E-state index contributed by atoms with van der Waals surface area (Å²) < 4.78 is 23.1. The third kappa shape index (κ3) is 4.01. The van der Waals surface area contributed by atoms with Gasteiger partial charge in [0.1, 0.15) is 0 Å². The first-order chi connectivity index (χ1) is 8.35. The first kappa shape index (κ1) is 13.4. The second-order valence-corrected chi connectivity index (χ2v) is 7.10. The maximum Gasteiger partial charge on any atom is 0.501 e. The highest BCUT2D eigenvalue weighted by Crippen LogP contribution is 2.21. The molecule has 6 heteroatoms. The molecule has 3 aliphatic heterocycles. The van der Waals surface area contributed by atoms with Gasteiger partial charge in [-0.3, -0.25) is 4.90 Å². The fourth-order valence-electron chi connectivity index (χ4n) is 2.20. The number of nitrogens with zero attached hydrogens (tertiary/aromatic N) is 1. The van der Waals surface area contributed by atoms with E-state index in [1.807, 2.05) is 6.92 Å². The Morgan fingerprint density at radius 2 is 1.65 bits per heavy atom. The summed E-state index contributed by atoms with van der Waals surface area (Å²) >= 11 is 0. The van der Waals surface area contributed by atoms with E-state index in [9.17, 15) is 0 Å². The summed E-state index contributed by atoms with van der Waals surface area (Å²) in [4.78, 5) is 2.33. The molecule has 0 unspecified atom stereocenters. The normalized spacial score (nSPS) is 34.1. The predicted octanol–water partition coefficient (Wildman–Crippen LogP) is 0.731. The lowest BCUT2D eigenvalue weighted by Crippen LogP contribution is -2.55. The van der Waals surface area contributed by atoms with Crippen LogP contribution in [0.4, 0.5) is 0 Å². The van der Waals surface area contributed by atoms with E-state index in [4.69, 9.17) is 18.0 Å². The van der Waals surface area contributed by atoms with Gasteiger partial charge in [0.25, 0.3) is 0 Å². The van der Waals surface area contributed by atoms with E-state index in [2.05, 4.69) is 4.90 Å². The van der Waals surface area contributed by atoms with Gasteiger partial charge >= 0.3 is 8.80 Å². The van der Waals surface area contributed by atoms with Gasteiger partial charge in [-0.25, -0.2) is 0 Å². The Bertz CT molecular complexity index is 203.